The molecule has 1 saturated heterocycles. The van der Waals surface area contributed by atoms with Crippen LogP contribution in [0.15, 0.2) is 23.6 Å². The summed E-state index contributed by atoms with van der Waals surface area (Å²) >= 11 is 1.44. The Kier molecular flexibility index (Phi) is 4.43. The molecule has 1 aromatic carbocycles. The SMILES string of the molecule is Cc1nc(C(=O)Nc2cccc(C(=O)N3CCCC3)c2C)cs1. The van der Waals surface area contributed by atoms with Crippen LogP contribution >= 0.6 is 11.3 Å². The molecule has 3 rings (SSSR count). The second-order valence-electron chi connectivity index (χ2n) is 5.68. The third kappa shape index (κ3) is 3.27. The number of nitrogens with zero attached hydrogens (tertiary/aromatic N) is 2. The lowest BCUT2D eigenvalue weighted by Gasteiger charge is -2.18. The molecule has 2 aromatic rings. The van der Waals surface area contributed by atoms with Crippen molar-refractivity contribution in [3.8, 4) is 0 Å². The highest BCUT2D eigenvalue weighted by Gasteiger charge is 2.22. The van der Waals surface area contributed by atoms with E-state index in [9.17, 15) is 9.59 Å². The molecule has 2 amide bonds. The van der Waals surface area contributed by atoms with E-state index >= 15 is 0 Å². The average Bonchev–Trinajstić information content (AvgIpc) is 3.20. The average molecular weight is 329 g/mol. The van der Waals surface area contributed by atoms with Crippen molar-refractivity contribution in [2.75, 3.05) is 18.4 Å². The van der Waals surface area contributed by atoms with Crippen LogP contribution in [-0.2, 0) is 0 Å². The Morgan fingerprint density at radius 1 is 1.22 bits per heavy atom. The van der Waals surface area contributed by atoms with Gasteiger partial charge in [-0.1, -0.05) is 6.07 Å². The lowest BCUT2D eigenvalue weighted by atomic mass is 10.1. The van der Waals surface area contributed by atoms with E-state index in [4.69, 9.17) is 0 Å². The first kappa shape index (κ1) is 15.7. The van der Waals surface area contributed by atoms with Crippen molar-refractivity contribution in [3.63, 3.8) is 0 Å². The quantitative estimate of drug-likeness (QED) is 0.940. The maximum atomic E-state index is 12.6. The van der Waals surface area contributed by atoms with Crippen LogP contribution in [0, 0.1) is 13.8 Å². The van der Waals surface area contributed by atoms with Gasteiger partial charge in [-0.25, -0.2) is 4.98 Å². The number of aromatic nitrogens is 1. The first-order valence-electron chi connectivity index (χ1n) is 7.68. The van der Waals surface area contributed by atoms with E-state index in [0.717, 1.165) is 36.5 Å². The maximum absolute atomic E-state index is 12.6. The summed E-state index contributed by atoms with van der Waals surface area (Å²) in [6.45, 7) is 5.35. The van der Waals surface area contributed by atoms with Gasteiger partial charge in [-0.2, -0.15) is 0 Å². The minimum absolute atomic E-state index is 0.0422. The van der Waals surface area contributed by atoms with Crippen molar-refractivity contribution >= 4 is 28.8 Å². The van der Waals surface area contributed by atoms with Gasteiger partial charge >= 0.3 is 0 Å². The van der Waals surface area contributed by atoms with Gasteiger partial charge in [0.15, 0.2) is 0 Å². The molecule has 0 bridgehead atoms. The molecule has 1 aliphatic rings. The number of likely N-dealkylation sites (tertiary alicyclic amines) is 1. The fourth-order valence-corrected chi connectivity index (χ4v) is 3.34. The van der Waals surface area contributed by atoms with Crippen molar-refractivity contribution in [2.24, 2.45) is 0 Å². The largest absolute Gasteiger partial charge is 0.339 e. The Labute approximate surface area is 139 Å². The van der Waals surface area contributed by atoms with Gasteiger partial charge in [0.2, 0.25) is 0 Å². The summed E-state index contributed by atoms with van der Waals surface area (Å²) in [5.41, 5.74) is 2.51. The lowest BCUT2D eigenvalue weighted by Crippen LogP contribution is -2.28. The van der Waals surface area contributed by atoms with Gasteiger partial charge in [-0.15, -0.1) is 11.3 Å². The molecule has 0 atom stereocenters. The molecule has 2 heterocycles. The standard InChI is InChI=1S/C17H19N3O2S/c1-11-13(17(22)20-8-3-4-9-20)6-5-7-14(11)19-16(21)15-10-23-12(2)18-15/h5-7,10H,3-4,8-9H2,1-2H3,(H,19,21). The summed E-state index contributed by atoms with van der Waals surface area (Å²) in [6, 6.07) is 5.43. The van der Waals surface area contributed by atoms with Crippen LogP contribution in [0.2, 0.25) is 0 Å². The van der Waals surface area contributed by atoms with Gasteiger partial charge in [-0.05, 0) is 44.4 Å². The van der Waals surface area contributed by atoms with Crippen molar-refractivity contribution in [1.82, 2.24) is 9.88 Å². The van der Waals surface area contributed by atoms with E-state index in [-0.39, 0.29) is 11.8 Å². The third-order valence-electron chi connectivity index (χ3n) is 4.06. The first-order valence-corrected chi connectivity index (χ1v) is 8.56. The first-order chi connectivity index (χ1) is 11.1. The molecule has 1 fully saturated rings. The molecule has 1 aliphatic heterocycles. The molecule has 5 nitrogen and oxygen atoms in total. The van der Waals surface area contributed by atoms with E-state index in [1.54, 1.807) is 11.4 Å². The van der Waals surface area contributed by atoms with Gasteiger partial charge in [-0.3, -0.25) is 9.59 Å². The number of benzene rings is 1. The second-order valence-corrected chi connectivity index (χ2v) is 6.75. The number of anilines is 1. The minimum Gasteiger partial charge on any atom is -0.339 e. The van der Waals surface area contributed by atoms with Crippen LogP contribution < -0.4 is 5.32 Å². The van der Waals surface area contributed by atoms with E-state index < -0.39 is 0 Å². The van der Waals surface area contributed by atoms with Crippen LogP contribution in [0.25, 0.3) is 0 Å². The van der Waals surface area contributed by atoms with Crippen LogP contribution in [0.5, 0.6) is 0 Å². The molecule has 120 valence electrons. The highest BCUT2D eigenvalue weighted by molar-refractivity contribution is 7.09. The van der Waals surface area contributed by atoms with Crippen molar-refractivity contribution in [2.45, 2.75) is 26.7 Å². The molecule has 0 radical (unpaired) electrons. The van der Waals surface area contributed by atoms with Gasteiger partial charge < -0.3 is 10.2 Å². The van der Waals surface area contributed by atoms with E-state index in [2.05, 4.69) is 10.3 Å². The normalized spacial score (nSPS) is 14.1. The molecule has 0 aliphatic carbocycles. The molecule has 1 aromatic heterocycles. The number of amides is 2. The van der Waals surface area contributed by atoms with Crippen molar-refractivity contribution < 1.29 is 9.59 Å². The highest BCUT2D eigenvalue weighted by Crippen LogP contribution is 2.23. The smallest absolute Gasteiger partial charge is 0.275 e. The zero-order valence-corrected chi connectivity index (χ0v) is 14.1. The third-order valence-corrected chi connectivity index (χ3v) is 4.83. The van der Waals surface area contributed by atoms with Crippen molar-refractivity contribution in [1.29, 1.82) is 0 Å². The number of aryl methyl sites for hydroxylation is 1. The van der Waals surface area contributed by atoms with Crippen LogP contribution in [0.1, 0.15) is 44.3 Å². The summed E-state index contributed by atoms with van der Waals surface area (Å²) in [4.78, 5) is 30.9. The molecule has 23 heavy (non-hydrogen) atoms. The Morgan fingerprint density at radius 2 is 1.96 bits per heavy atom. The molecule has 1 N–H and O–H groups in total. The molecule has 6 heteroatoms. The van der Waals surface area contributed by atoms with E-state index in [1.807, 2.05) is 30.9 Å². The maximum Gasteiger partial charge on any atom is 0.275 e. The fraction of sp³-hybridized carbons (Fsp3) is 0.353. The second kappa shape index (κ2) is 6.50. The lowest BCUT2D eigenvalue weighted by molar-refractivity contribution is 0.0791. The molecule has 0 unspecified atom stereocenters. The van der Waals surface area contributed by atoms with E-state index in [0.29, 0.717) is 16.9 Å². The zero-order valence-electron chi connectivity index (χ0n) is 13.3. The Bertz CT molecular complexity index is 748. The number of rotatable bonds is 3. The van der Waals surface area contributed by atoms with E-state index in [1.165, 1.54) is 11.3 Å². The molecule has 0 spiro atoms. The predicted molar refractivity (Wildman–Crippen MR) is 91.1 cm³/mol. The fourth-order valence-electron chi connectivity index (χ4n) is 2.75. The predicted octanol–water partition coefficient (Wildman–Crippen LogP) is 3.25. The van der Waals surface area contributed by atoms with Crippen LogP contribution in [0.3, 0.4) is 0 Å². The Balaban J connectivity index is 1.82. The number of hydrogen-bond donors (Lipinski definition) is 1. The van der Waals surface area contributed by atoms with Gasteiger partial charge in [0.05, 0.1) is 5.01 Å². The van der Waals surface area contributed by atoms with Crippen LogP contribution in [0.4, 0.5) is 5.69 Å². The Hall–Kier alpha value is -2.21. The number of carbonyl (C=O) groups is 2. The van der Waals surface area contributed by atoms with Crippen LogP contribution in [-0.4, -0.2) is 34.8 Å². The monoisotopic (exact) mass is 329 g/mol. The van der Waals surface area contributed by atoms with Gasteiger partial charge in [0.25, 0.3) is 11.8 Å². The summed E-state index contributed by atoms with van der Waals surface area (Å²) in [5, 5.41) is 5.45. The summed E-state index contributed by atoms with van der Waals surface area (Å²) in [7, 11) is 0. The minimum atomic E-state index is -0.247. The van der Waals surface area contributed by atoms with Gasteiger partial charge in [0.1, 0.15) is 5.69 Å². The highest BCUT2D eigenvalue weighted by atomic mass is 32.1. The summed E-state index contributed by atoms with van der Waals surface area (Å²) in [5.74, 6) is -0.205. The topological polar surface area (TPSA) is 62.3 Å². The number of thiazole rings is 1. The molecular weight excluding hydrogens is 310 g/mol. The molecular formula is C17H19N3O2S. The Morgan fingerprint density at radius 3 is 2.61 bits per heavy atom. The summed E-state index contributed by atoms with van der Waals surface area (Å²) < 4.78 is 0. The zero-order chi connectivity index (χ0) is 16.4. The number of hydrogen-bond acceptors (Lipinski definition) is 4. The van der Waals surface area contributed by atoms with Gasteiger partial charge in [0, 0.05) is 29.7 Å². The molecule has 0 saturated carbocycles. The number of carbonyl (C=O) groups excluding carboxylic acids is 2. The van der Waals surface area contributed by atoms with Crippen molar-refractivity contribution in [3.05, 3.63) is 45.4 Å². The summed E-state index contributed by atoms with van der Waals surface area (Å²) in [6.07, 6.45) is 2.12. The number of nitrogens with one attached hydrogen (secondary N) is 1.